The normalized spacial score (nSPS) is 13.0. The van der Waals surface area contributed by atoms with Gasteiger partial charge in [0.15, 0.2) is 0 Å². The van der Waals surface area contributed by atoms with Crippen LogP contribution in [0.2, 0.25) is 0 Å². The lowest BCUT2D eigenvalue weighted by molar-refractivity contribution is -0.119. The number of amides is 1. The van der Waals surface area contributed by atoms with Gasteiger partial charge in [-0.05, 0) is 19.4 Å². The minimum atomic E-state index is -3.64. The molecule has 7 nitrogen and oxygen atoms in total. The van der Waals surface area contributed by atoms with Crippen LogP contribution in [-0.2, 0) is 21.1 Å². The van der Waals surface area contributed by atoms with Gasteiger partial charge in [-0.15, -0.1) is 5.10 Å². The van der Waals surface area contributed by atoms with Gasteiger partial charge < -0.3 is 9.73 Å². The number of sulfone groups is 1. The summed E-state index contributed by atoms with van der Waals surface area (Å²) in [5.74, 6) is -0.194. The van der Waals surface area contributed by atoms with Crippen LogP contribution in [0.1, 0.15) is 38.3 Å². The third-order valence-electron chi connectivity index (χ3n) is 3.24. The first-order valence-electron chi connectivity index (χ1n) is 7.19. The first kappa shape index (κ1) is 17.1. The van der Waals surface area contributed by atoms with Crippen molar-refractivity contribution >= 4 is 15.7 Å². The van der Waals surface area contributed by atoms with Crippen molar-refractivity contribution in [3.05, 3.63) is 41.8 Å². The number of nitrogens with zero attached hydrogens (tertiary/aromatic N) is 2. The molecule has 0 aliphatic rings. The minimum Gasteiger partial charge on any atom is -0.410 e. The van der Waals surface area contributed by atoms with Crippen molar-refractivity contribution in [2.45, 2.75) is 43.7 Å². The smallest absolute Gasteiger partial charge is 0.335 e. The standard InChI is InChI=1S/C15H19N3O4S/c1-10(2)23(20,21)15-18-17-14(22-15)13(16-11(3)19)9-12-7-5-4-6-8-12/h4-8,10,13H,9H2,1-3H3,(H,16,19)/t13-/m0/s1. The number of hydrogen-bond donors (Lipinski definition) is 1. The van der Waals surface area contributed by atoms with Crippen molar-refractivity contribution in [1.82, 2.24) is 15.5 Å². The predicted octanol–water partition coefficient (Wildman–Crippen LogP) is 1.67. The molecule has 0 saturated carbocycles. The highest BCUT2D eigenvalue weighted by Crippen LogP contribution is 2.21. The molecule has 8 heteroatoms. The van der Waals surface area contributed by atoms with Crippen molar-refractivity contribution < 1.29 is 17.6 Å². The molecule has 0 aliphatic carbocycles. The molecule has 1 heterocycles. The van der Waals surface area contributed by atoms with Crippen LogP contribution in [0.5, 0.6) is 0 Å². The highest BCUT2D eigenvalue weighted by molar-refractivity contribution is 7.91. The van der Waals surface area contributed by atoms with Gasteiger partial charge in [0, 0.05) is 13.3 Å². The molecule has 0 unspecified atom stereocenters. The van der Waals surface area contributed by atoms with E-state index >= 15 is 0 Å². The summed E-state index contributed by atoms with van der Waals surface area (Å²) in [6.07, 6.45) is 0.420. The molecule has 2 rings (SSSR count). The molecule has 1 amide bonds. The molecule has 0 spiro atoms. The molecule has 2 aromatic rings. The molecular formula is C15H19N3O4S. The van der Waals surface area contributed by atoms with Crippen molar-refractivity contribution in [3.63, 3.8) is 0 Å². The molecule has 1 atom stereocenters. The van der Waals surface area contributed by atoms with Crippen molar-refractivity contribution in [3.8, 4) is 0 Å². The fraction of sp³-hybridized carbons (Fsp3) is 0.400. The zero-order valence-electron chi connectivity index (χ0n) is 13.2. The quantitative estimate of drug-likeness (QED) is 0.860. The van der Waals surface area contributed by atoms with Crippen LogP contribution in [0, 0.1) is 0 Å². The predicted molar refractivity (Wildman–Crippen MR) is 83.3 cm³/mol. The Bertz CT molecular complexity index is 769. The topological polar surface area (TPSA) is 102 Å². The van der Waals surface area contributed by atoms with E-state index < -0.39 is 26.4 Å². The number of hydrogen-bond acceptors (Lipinski definition) is 6. The maximum absolute atomic E-state index is 12.1. The largest absolute Gasteiger partial charge is 0.410 e. The van der Waals surface area contributed by atoms with Gasteiger partial charge in [0.2, 0.25) is 21.6 Å². The Labute approximate surface area is 135 Å². The Kier molecular flexibility index (Phi) is 5.15. The van der Waals surface area contributed by atoms with Crippen LogP contribution in [0.25, 0.3) is 0 Å². The summed E-state index contributed by atoms with van der Waals surface area (Å²) in [4.78, 5) is 11.4. The van der Waals surface area contributed by atoms with Gasteiger partial charge in [-0.25, -0.2) is 8.42 Å². The molecule has 1 aromatic heterocycles. The SMILES string of the molecule is CC(=O)N[C@@H](Cc1ccccc1)c1nnc(S(=O)(=O)C(C)C)o1. The summed E-state index contributed by atoms with van der Waals surface area (Å²) in [7, 11) is -3.64. The fourth-order valence-electron chi connectivity index (χ4n) is 1.97. The molecule has 1 aromatic carbocycles. The number of carbonyl (C=O) groups excluding carboxylic acids is 1. The van der Waals surface area contributed by atoms with E-state index in [0.717, 1.165) is 5.56 Å². The van der Waals surface area contributed by atoms with Crippen molar-refractivity contribution in [2.75, 3.05) is 0 Å². The third-order valence-corrected chi connectivity index (χ3v) is 5.14. The Morgan fingerprint density at radius 3 is 2.43 bits per heavy atom. The summed E-state index contributed by atoms with van der Waals surface area (Å²) in [5.41, 5.74) is 0.956. The van der Waals surface area contributed by atoms with Crippen LogP contribution >= 0.6 is 0 Å². The van der Waals surface area contributed by atoms with E-state index in [1.807, 2.05) is 30.3 Å². The first-order chi connectivity index (χ1) is 10.8. The van der Waals surface area contributed by atoms with Gasteiger partial charge in [0.1, 0.15) is 6.04 Å². The number of benzene rings is 1. The summed E-state index contributed by atoms with van der Waals surface area (Å²) < 4.78 is 29.4. The maximum atomic E-state index is 12.1. The molecule has 0 fully saturated rings. The maximum Gasteiger partial charge on any atom is 0.335 e. The van der Waals surface area contributed by atoms with E-state index in [0.29, 0.717) is 6.42 Å². The van der Waals surface area contributed by atoms with Crippen LogP contribution in [0.15, 0.2) is 40.0 Å². The van der Waals surface area contributed by atoms with E-state index in [2.05, 4.69) is 15.5 Å². The van der Waals surface area contributed by atoms with Gasteiger partial charge in [-0.1, -0.05) is 35.4 Å². The number of carbonyl (C=O) groups is 1. The molecule has 124 valence electrons. The summed E-state index contributed by atoms with van der Waals surface area (Å²) in [5, 5.41) is 9.05. The molecule has 23 heavy (non-hydrogen) atoms. The third kappa shape index (κ3) is 4.16. The van der Waals surface area contributed by atoms with Gasteiger partial charge >= 0.3 is 5.22 Å². The van der Waals surface area contributed by atoms with Crippen LogP contribution in [0.4, 0.5) is 0 Å². The van der Waals surface area contributed by atoms with Crippen LogP contribution in [0.3, 0.4) is 0 Å². The lowest BCUT2D eigenvalue weighted by Crippen LogP contribution is -2.28. The monoisotopic (exact) mass is 337 g/mol. The summed E-state index contributed by atoms with van der Waals surface area (Å²) in [6.45, 7) is 4.45. The second-order valence-corrected chi connectivity index (χ2v) is 7.82. The minimum absolute atomic E-state index is 0.0725. The molecule has 0 aliphatic heterocycles. The van der Waals surface area contributed by atoms with E-state index in [9.17, 15) is 13.2 Å². The number of aromatic nitrogens is 2. The average molecular weight is 337 g/mol. The zero-order valence-corrected chi connectivity index (χ0v) is 14.0. The number of rotatable bonds is 6. The van der Waals surface area contributed by atoms with Crippen molar-refractivity contribution in [2.24, 2.45) is 0 Å². The van der Waals surface area contributed by atoms with E-state index in [1.165, 1.54) is 20.8 Å². The Morgan fingerprint density at radius 1 is 1.22 bits per heavy atom. The summed E-state index contributed by atoms with van der Waals surface area (Å²) >= 11 is 0. The number of nitrogens with one attached hydrogen (secondary N) is 1. The molecule has 0 bridgehead atoms. The Morgan fingerprint density at radius 2 is 1.87 bits per heavy atom. The second-order valence-electron chi connectivity index (χ2n) is 5.44. The van der Waals surface area contributed by atoms with E-state index in [-0.39, 0.29) is 11.8 Å². The van der Waals surface area contributed by atoms with Crippen LogP contribution < -0.4 is 5.32 Å². The van der Waals surface area contributed by atoms with Gasteiger partial charge in [-0.2, -0.15) is 0 Å². The molecule has 0 saturated heterocycles. The molecular weight excluding hydrogens is 318 g/mol. The summed E-state index contributed by atoms with van der Waals surface area (Å²) in [6, 6.07) is 8.86. The van der Waals surface area contributed by atoms with Gasteiger partial charge in [0.25, 0.3) is 0 Å². The highest BCUT2D eigenvalue weighted by atomic mass is 32.2. The van der Waals surface area contributed by atoms with E-state index in [4.69, 9.17) is 4.42 Å². The van der Waals surface area contributed by atoms with Crippen LogP contribution in [-0.4, -0.2) is 29.8 Å². The zero-order chi connectivity index (χ0) is 17.0. The second kappa shape index (κ2) is 6.91. The average Bonchev–Trinajstić information content (AvgIpc) is 2.97. The van der Waals surface area contributed by atoms with Gasteiger partial charge in [-0.3, -0.25) is 4.79 Å². The van der Waals surface area contributed by atoms with Gasteiger partial charge in [0.05, 0.1) is 5.25 Å². The van der Waals surface area contributed by atoms with Crippen molar-refractivity contribution in [1.29, 1.82) is 0 Å². The highest BCUT2D eigenvalue weighted by Gasteiger charge is 2.28. The Hall–Kier alpha value is -2.22. The molecule has 0 radical (unpaired) electrons. The first-order valence-corrected chi connectivity index (χ1v) is 8.73. The fourth-order valence-corrected chi connectivity index (χ4v) is 2.73. The Balaban J connectivity index is 2.30. The molecule has 1 N–H and O–H groups in total. The lowest BCUT2D eigenvalue weighted by atomic mass is 10.1. The lowest BCUT2D eigenvalue weighted by Gasteiger charge is -2.14. The van der Waals surface area contributed by atoms with E-state index in [1.54, 1.807) is 0 Å².